The van der Waals surface area contributed by atoms with Gasteiger partial charge < -0.3 is 36.1 Å². The molecule has 2 aliphatic rings. The van der Waals surface area contributed by atoms with Crippen LogP contribution in [0.5, 0.6) is 0 Å². The Morgan fingerprint density at radius 3 is 2.45 bits per heavy atom. The van der Waals surface area contributed by atoms with Gasteiger partial charge >= 0.3 is 0 Å². The molecule has 256 valence electrons. The normalized spacial score (nSPS) is 21.5. The highest BCUT2D eigenvalue weighted by Gasteiger charge is 2.37. The van der Waals surface area contributed by atoms with E-state index in [0.717, 1.165) is 90.7 Å². The summed E-state index contributed by atoms with van der Waals surface area (Å²) in [5.74, 6) is 1.08. The summed E-state index contributed by atoms with van der Waals surface area (Å²) in [6.07, 6.45) is 8.26. The predicted octanol–water partition coefficient (Wildman–Crippen LogP) is 6.34. The first-order valence-corrected chi connectivity index (χ1v) is 17.3. The summed E-state index contributed by atoms with van der Waals surface area (Å²) in [6, 6.07) is 16.3. The van der Waals surface area contributed by atoms with Crippen LogP contribution in [0.3, 0.4) is 0 Å². The van der Waals surface area contributed by atoms with Crippen LogP contribution >= 0.6 is 0 Å². The molecule has 2 atom stereocenters. The van der Waals surface area contributed by atoms with E-state index in [9.17, 15) is 15.3 Å². The molecule has 6 N–H and O–H groups in total. The fourth-order valence-corrected chi connectivity index (χ4v) is 6.52. The number of aliphatic hydroxyl groups excluding tert-OH is 2. The predicted molar refractivity (Wildman–Crippen MR) is 191 cm³/mol. The molecule has 9 heteroatoms. The third kappa shape index (κ3) is 10.1. The van der Waals surface area contributed by atoms with Gasteiger partial charge in [-0.2, -0.15) is 0 Å². The number of aliphatic imine (C=N–C) groups is 2. The molecule has 2 unspecified atom stereocenters. The van der Waals surface area contributed by atoms with Gasteiger partial charge in [-0.1, -0.05) is 75.2 Å². The summed E-state index contributed by atoms with van der Waals surface area (Å²) >= 11 is 0. The third-order valence-electron chi connectivity index (χ3n) is 8.96. The van der Waals surface area contributed by atoms with Gasteiger partial charge in [0.05, 0.1) is 18.3 Å². The summed E-state index contributed by atoms with van der Waals surface area (Å²) in [7, 11) is 0. The van der Waals surface area contributed by atoms with Crippen LogP contribution in [0.25, 0.3) is 11.1 Å². The fraction of sp³-hybridized carbons (Fsp3) is 0.553. The van der Waals surface area contributed by atoms with Crippen LogP contribution in [0.15, 0.2) is 69.8 Å². The van der Waals surface area contributed by atoms with E-state index in [2.05, 4.69) is 43.1 Å². The van der Waals surface area contributed by atoms with Crippen molar-refractivity contribution >= 4 is 17.9 Å². The van der Waals surface area contributed by atoms with Crippen LogP contribution in [0.4, 0.5) is 0 Å². The molecule has 0 amide bonds. The number of nitrogens with two attached hydrogens (primary N) is 1. The van der Waals surface area contributed by atoms with Crippen LogP contribution < -0.4 is 5.73 Å². The summed E-state index contributed by atoms with van der Waals surface area (Å²) < 4.78 is 5.99. The van der Waals surface area contributed by atoms with Crippen LogP contribution in [0, 0.1) is 5.41 Å². The Morgan fingerprint density at radius 1 is 1.11 bits per heavy atom. The van der Waals surface area contributed by atoms with Crippen molar-refractivity contribution in [3.05, 3.63) is 70.9 Å². The molecule has 4 rings (SSSR count). The number of nitrogens with one attached hydrogen (secondary N) is 1. The van der Waals surface area contributed by atoms with Crippen LogP contribution in [-0.4, -0.2) is 74.9 Å². The fourth-order valence-electron chi connectivity index (χ4n) is 6.52. The Morgan fingerprint density at radius 2 is 1.81 bits per heavy atom. The summed E-state index contributed by atoms with van der Waals surface area (Å²) in [6.45, 7) is 8.01. The summed E-state index contributed by atoms with van der Waals surface area (Å²) in [5.41, 5.74) is 11.1. The first-order valence-electron chi connectivity index (χ1n) is 17.3. The minimum absolute atomic E-state index is 0.0878. The van der Waals surface area contributed by atoms with E-state index in [1.165, 1.54) is 6.21 Å². The van der Waals surface area contributed by atoms with Gasteiger partial charge in [0.1, 0.15) is 17.9 Å². The molecule has 1 fully saturated rings. The van der Waals surface area contributed by atoms with Gasteiger partial charge in [-0.05, 0) is 81.9 Å². The van der Waals surface area contributed by atoms with Crippen LogP contribution in [0.2, 0.25) is 0 Å². The smallest absolute Gasteiger partial charge is 0.152 e. The molecule has 1 aliphatic carbocycles. The monoisotopic (exact) mass is 645 g/mol. The lowest BCUT2D eigenvalue weighted by Gasteiger charge is -2.44. The average molecular weight is 646 g/mol. The molecule has 1 saturated carbocycles. The zero-order valence-corrected chi connectivity index (χ0v) is 28.7. The van der Waals surface area contributed by atoms with E-state index in [4.69, 9.17) is 20.9 Å². The van der Waals surface area contributed by atoms with Crippen molar-refractivity contribution < 1.29 is 20.1 Å². The van der Waals surface area contributed by atoms with Gasteiger partial charge in [-0.15, -0.1) is 0 Å². The number of amidine groups is 2. The van der Waals surface area contributed by atoms with Crippen LogP contribution in [-0.2, 0) is 11.2 Å². The molecule has 0 radical (unpaired) electrons. The molecule has 9 nitrogen and oxygen atoms in total. The van der Waals surface area contributed by atoms with Gasteiger partial charge in [0.15, 0.2) is 6.23 Å². The molecule has 0 saturated heterocycles. The minimum Gasteiger partial charge on any atom is -0.388 e. The largest absolute Gasteiger partial charge is 0.388 e. The maximum atomic E-state index is 12.0. The Kier molecular flexibility index (Phi) is 13.3. The van der Waals surface area contributed by atoms with Crippen LogP contribution in [0.1, 0.15) is 103 Å². The Bertz CT molecular complexity index is 1400. The van der Waals surface area contributed by atoms with Crippen molar-refractivity contribution in [2.45, 2.75) is 129 Å². The second kappa shape index (κ2) is 17.2. The van der Waals surface area contributed by atoms with Crippen molar-refractivity contribution in [2.24, 2.45) is 15.7 Å². The number of rotatable bonds is 16. The number of benzene rings is 2. The number of nitrogens with zero attached hydrogens (tertiary/aromatic N) is 3. The first kappa shape index (κ1) is 36.5. The lowest BCUT2D eigenvalue weighted by Crippen LogP contribution is -2.52. The molecule has 1 aliphatic heterocycles. The number of allylic oxidation sites excluding steroid dienone is 1. The number of aliphatic hydroxyl groups is 3. The second-order valence-corrected chi connectivity index (χ2v) is 13.5. The van der Waals surface area contributed by atoms with Crippen molar-refractivity contribution in [3.8, 4) is 11.1 Å². The Hall–Kier alpha value is -3.37. The molecule has 0 aromatic heterocycles. The Balaban J connectivity index is 1.54. The maximum Gasteiger partial charge on any atom is 0.152 e. The van der Waals surface area contributed by atoms with Gasteiger partial charge in [-0.3, -0.25) is 0 Å². The van der Waals surface area contributed by atoms with E-state index in [1.807, 2.05) is 29.2 Å². The maximum absolute atomic E-state index is 12.0. The highest BCUT2D eigenvalue weighted by Crippen LogP contribution is 2.35. The van der Waals surface area contributed by atoms with Crippen molar-refractivity contribution in [3.63, 3.8) is 0 Å². The lowest BCUT2D eigenvalue weighted by atomic mass is 9.89. The number of unbranched alkanes of at least 4 members (excludes halogenated alkanes) is 1. The Labute approximate surface area is 280 Å². The summed E-state index contributed by atoms with van der Waals surface area (Å²) in [5, 5.41) is 40.2. The molecule has 0 spiro atoms. The topological polar surface area (TPSA) is 148 Å². The van der Waals surface area contributed by atoms with Gasteiger partial charge in [0.2, 0.25) is 0 Å². The quantitative estimate of drug-likeness (QED) is 0.106. The van der Waals surface area contributed by atoms with Crippen molar-refractivity contribution in [1.82, 2.24) is 4.90 Å². The zero-order valence-electron chi connectivity index (χ0n) is 28.7. The van der Waals surface area contributed by atoms with Gasteiger partial charge in [0, 0.05) is 35.5 Å². The molecule has 47 heavy (non-hydrogen) atoms. The molecular formula is C38H55N5O4. The van der Waals surface area contributed by atoms with Gasteiger partial charge in [0.25, 0.3) is 0 Å². The first-order chi connectivity index (χ1) is 22.5. The molecule has 0 bridgehead atoms. The lowest BCUT2D eigenvalue weighted by molar-refractivity contribution is -0.0706. The molecule has 2 aromatic rings. The SMILES string of the molecule is CCCCC(O)N=C(N)c1ccccc1-c1ccc(CC2=C(CCC)N=C(CC=N)N(C3CCC(OCC(C)(C)O)CC3)C2O)cc1. The molecule has 1 heterocycles. The van der Waals surface area contributed by atoms with Gasteiger partial charge in [-0.25, -0.2) is 9.98 Å². The minimum atomic E-state index is -0.861. The highest BCUT2D eigenvalue weighted by molar-refractivity contribution is 6.03. The van der Waals surface area contributed by atoms with Crippen molar-refractivity contribution in [1.29, 1.82) is 5.41 Å². The van der Waals surface area contributed by atoms with E-state index < -0.39 is 18.1 Å². The molecule has 2 aromatic carbocycles. The number of hydrogen-bond acceptors (Lipinski definition) is 8. The average Bonchev–Trinajstić information content (AvgIpc) is 3.05. The van der Waals surface area contributed by atoms with E-state index in [1.54, 1.807) is 13.8 Å². The van der Waals surface area contributed by atoms with Crippen molar-refractivity contribution in [2.75, 3.05) is 6.61 Å². The van der Waals surface area contributed by atoms with E-state index in [0.29, 0.717) is 31.7 Å². The third-order valence-corrected chi connectivity index (χ3v) is 8.96. The highest BCUT2D eigenvalue weighted by atomic mass is 16.5. The summed E-state index contributed by atoms with van der Waals surface area (Å²) in [4.78, 5) is 11.5. The number of ether oxygens (including phenoxy) is 1. The number of hydrogen-bond donors (Lipinski definition) is 5. The van der Waals surface area contributed by atoms with E-state index in [-0.39, 0.29) is 12.1 Å². The second-order valence-electron chi connectivity index (χ2n) is 13.5. The zero-order chi connectivity index (χ0) is 34.0. The molecular weight excluding hydrogens is 590 g/mol. The van der Waals surface area contributed by atoms with E-state index >= 15 is 0 Å². The standard InChI is InChI=1S/C38H55N5O4/c1-5-7-13-35(44)42-36(40)31-12-9-8-11-30(31)27-16-14-26(15-17-27)24-32-33(10-6-2)41-34(22-23-39)43(37(32)45)28-18-20-29(21-19-28)47-25-38(3,4)46/h8-9,11-12,14-17,23,28-29,35,37,39,44-46H,5-7,10,13,18-22,24-25H2,1-4H3,(H2,40,42).